The Balaban J connectivity index is 1.61. The number of piperidine rings is 1. The number of alkyl halides is 6. The monoisotopic (exact) mass is 622 g/mol. The zero-order valence-corrected chi connectivity index (χ0v) is 24.4. The summed E-state index contributed by atoms with van der Waals surface area (Å²) in [6.45, 7) is 4.51. The first-order valence-corrected chi connectivity index (χ1v) is 14.7. The van der Waals surface area contributed by atoms with Crippen LogP contribution in [0.4, 0.5) is 35.5 Å². The third-order valence-corrected chi connectivity index (χ3v) is 10.3. The van der Waals surface area contributed by atoms with Crippen LogP contribution in [0.5, 0.6) is 0 Å². The van der Waals surface area contributed by atoms with E-state index in [-0.39, 0.29) is 34.6 Å². The lowest BCUT2D eigenvalue weighted by molar-refractivity contribution is -0.143. The van der Waals surface area contributed by atoms with E-state index in [1.54, 1.807) is 26.8 Å². The van der Waals surface area contributed by atoms with Gasteiger partial charge < -0.3 is 14.9 Å². The number of benzene rings is 2. The maximum Gasteiger partial charge on any atom is 0.416 e. The molecule has 2 aromatic carbocycles. The molecular formula is C29H33F7N2O3S. The molecule has 3 unspecified atom stereocenters. The maximum atomic E-state index is 14.0. The summed E-state index contributed by atoms with van der Waals surface area (Å²) in [4.78, 5) is 16.3. The number of urea groups is 1. The standard InChI is InChI=1S/C29H33F7N2O3S/c1-17-9-21(30)5-6-22(17)23-13-27(14-24(27)42(41)16-26(2,3)40)7-8-38(23)25(39)37(4)15-18-10-19(28(31,32)33)12-20(11-18)29(34,35)36/h5-6,9-12,23-24,40H,7-8,13-16H2,1-4H3/t23-,24?,27?,42?/m1/s1. The molecule has 0 radical (unpaired) electrons. The Hall–Kier alpha value is -2.67. The fraction of sp³-hybridized carbons (Fsp3) is 0.552. The molecule has 5 nitrogen and oxygen atoms in total. The first kappa shape index (κ1) is 32.2. The maximum absolute atomic E-state index is 14.0. The highest BCUT2D eigenvalue weighted by atomic mass is 32.2. The summed E-state index contributed by atoms with van der Waals surface area (Å²) < 4.78 is 107. The van der Waals surface area contributed by atoms with Crippen LogP contribution >= 0.6 is 0 Å². The average molecular weight is 623 g/mol. The minimum absolute atomic E-state index is 0.0383. The molecule has 2 amide bonds. The van der Waals surface area contributed by atoms with Crippen molar-refractivity contribution in [3.05, 3.63) is 70.0 Å². The zero-order valence-electron chi connectivity index (χ0n) is 23.6. The smallest absolute Gasteiger partial charge is 0.390 e. The second-order valence-corrected chi connectivity index (χ2v) is 13.7. The van der Waals surface area contributed by atoms with Crippen LogP contribution in [0.2, 0.25) is 0 Å². The van der Waals surface area contributed by atoms with Crippen molar-refractivity contribution in [2.45, 2.75) is 75.8 Å². The molecule has 1 heterocycles. The molecule has 4 atom stereocenters. The zero-order chi connectivity index (χ0) is 31.4. The number of nitrogens with zero attached hydrogens (tertiary/aromatic N) is 2. The van der Waals surface area contributed by atoms with Crippen LogP contribution in [0.1, 0.15) is 67.0 Å². The largest absolute Gasteiger partial charge is 0.416 e. The van der Waals surface area contributed by atoms with Gasteiger partial charge in [-0.15, -0.1) is 0 Å². The number of amides is 2. The Bertz CT molecular complexity index is 1340. The van der Waals surface area contributed by atoms with Crippen molar-refractivity contribution in [2.75, 3.05) is 19.3 Å². The first-order chi connectivity index (χ1) is 19.2. The number of hydrogen-bond donors (Lipinski definition) is 1. The van der Waals surface area contributed by atoms with E-state index in [2.05, 4.69) is 0 Å². The van der Waals surface area contributed by atoms with Gasteiger partial charge in [-0.1, -0.05) is 6.07 Å². The highest BCUT2D eigenvalue weighted by Crippen LogP contribution is 2.61. The number of carbonyl (C=O) groups excluding carboxylic acids is 1. The quantitative estimate of drug-likeness (QED) is 0.359. The summed E-state index contributed by atoms with van der Waals surface area (Å²) in [5.41, 5.74) is -3.55. The van der Waals surface area contributed by atoms with Gasteiger partial charge in [-0.3, -0.25) is 4.21 Å². The number of halogens is 7. The highest BCUT2D eigenvalue weighted by molar-refractivity contribution is 7.86. The second kappa shape index (κ2) is 11.1. The van der Waals surface area contributed by atoms with Gasteiger partial charge in [0.15, 0.2) is 0 Å². The lowest BCUT2D eigenvalue weighted by Gasteiger charge is -2.42. The summed E-state index contributed by atoms with van der Waals surface area (Å²) in [6.07, 6.45) is -8.54. The molecule has 232 valence electrons. The van der Waals surface area contributed by atoms with E-state index >= 15 is 0 Å². The van der Waals surface area contributed by atoms with E-state index in [4.69, 9.17) is 0 Å². The first-order valence-electron chi connectivity index (χ1n) is 13.4. The molecule has 42 heavy (non-hydrogen) atoms. The van der Waals surface area contributed by atoms with Gasteiger partial charge in [0, 0.05) is 36.2 Å². The summed E-state index contributed by atoms with van der Waals surface area (Å²) in [6, 6.07) is 4.16. The van der Waals surface area contributed by atoms with Crippen LogP contribution in [-0.4, -0.2) is 55.3 Å². The molecule has 1 aliphatic carbocycles. The number of hydrogen-bond acceptors (Lipinski definition) is 3. The Kier molecular flexibility index (Phi) is 8.53. The Morgan fingerprint density at radius 2 is 1.64 bits per heavy atom. The summed E-state index contributed by atoms with van der Waals surface area (Å²) in [5.74, 6) is -0.389. The van der Waals surface area contributed by atoms with E-state index in [9.17, 15) is 44.8 Å². The van der Waals surface area contributed by atoms with Crippen LogP contribution in [0.25, 0.3) is 0 Å². The molecule has 0 aromatic heterocycles. The van der Waals surface area contributed by atoms with Crippen molar-refractivity contribution in [3.63, 3.8) is 0 Å². The van der Waals surface area contributed by atoms with E-state index in [0.717, 1.165) is 4.90 Å². The van der Waals surface area contributed by atoms with Crippen LogP contribution in [-0.2, 0) is 29.7 Å². The molecule has 1 saturated carbocycles. The molecule has 1 spiro atoms. The van der Waals surface area contributed by atoms with Crippen LogP contribution in [0.15, 0.2) is 36.4 Å². The van der Waals surface area contributed by atoms with Crippen molar-refractivity contribution >= 4 is 16.8 Å². The van der Waals surface area contributed by atoms with E-state index in [1.807, 2.05) is 0 Å². The van der Waals surface area contributed by atoms with Gasteiger partial charge in [0.2, 0.25) is 0 Å². The lowest BCUT2D eigenvalue weighted by Crippen LogP contribution is -2.48. The summed E-state index contributed by atoms with van der Waals surface area (Å²) in [7, 11) is -0.0329. The van der Waals surface area contributed by atoms with E-state index in [1.165, 1.54) is 24.1 Å². The van der Waals surface area contributed by atoms with Crippen molar-refractivity contribution in [3.8, 4) is 0 Å². The van der Waals surface area contributed by atoms with Crippen molar-refractivity contribution in [2.24, 2.45) is 5.41 Å². The molecule has 2 fully saturated rings. The van der Waals surface area contributed by atoms with Gasteiger partial charge in [0.25, 0.3) is 0 Å². The second-order valence-electron chi connectivity index (χ2n) is 12.1. The number of carbonyl (C=O) groups is 1. The van der Waals surface area contributed by atoms with Crippen LogP contribution in [0.3, 0.4) is 0 Å². The van der Waals surface area contributed by atoms with Gasteiger partial charge in [0.1, 0.15) is 5.82 Å². The number of aliphatic hydroxyl groups is 1. The third-order valence-electron chi connectivity index (χ3n) is 7.98. The van der Waals surface area contributed by atoms with Gasteiger partial charge in [-0.2, -0.15) is 26.3 Å². The molecule has 2 aliphatic rings. The number of likely N-dealkylation sites (tertiary alicyclic amines) is 1. The summed E-state index contributed by atoms with van der Waals surface area (Å²) >= 11 is 0. The predicted octanol–water partition coefficient (Wildman–Crippen LogP) is 6.84. The van der Waals surface area contributed by atoms with Crippen LogP contribution < -0.4 is 0 Å². The Labute approximate surface area is 242 Å². The SMILES string of the molecule is Cc1cc(F)ccc1[C@H]1CC2(CCN1C(=O)N(C)Cc1cc(C(F)(F)F)cc(C(F)(F)F)c1)CC2S(=O)CC(C)(C)O. The fourth-order valence-corrected chi connectivity index (χ4v) is 8.08. The molecule has 4 rings (SSSR count). The van der Waals surface area contributed by atoms with Crippen LogP contribution in [0, 0.1) is 18.2 Å². The van der Waals surface area contributed by atoms with E-state index in [0.29, 0.717) is 42.5 Å². The highest BCUT2D eigenvalue weighted by Gasteiger charge is 2.60. The molecule has 13 heteroatoms. The number of rotatable bonds is 6. The van der Waals surface area contributed by atoms with Gasteiger partial charge >= 0.3 is 18.4 Å². The lowest BCUT2D eigenvalue weighted by atomic mass is 9.83. The van der Waals surface area contributed by atoms with Gasteiger partial charge in [-0.25, -0.2) is 9.18 Å². The van der Waals surface area contributed by atoms with Crippen molar-refractivity contribution in [1.29, 1.82) is 0 Å². The fourth-order valence-electron chi connectivity index (χ4n) is 5.90. The number of aryl methyl sites for hydroxylation is 1. The van der Waals surface area contributed by atoms with Crippen molar-refractivity contribution < 1.29 is 44.8 Å². The van der Waals surface area contributed by atoms with Crippen molar-refractivity contribution in [1.82, 2.24) is 9.80 Å². The third kappa shape index (κ3) is 7.10. The summed E-state index contributed by atoms with van der Waals surface area (Å²) in [5, 5.41) is 9.95. The minimum atomic E-state index is -5.02. The topological polar surface area (TPSA) is 60.9 Å². The average Bonchev–Trinajstić information content (AvgIpc) is 3.54. The molecular weight excluding hydrogens is 589 g/mol. The Morgan fingerprint density at radius 1 is 1.05 bits per heavy atom. The normalized spacial score (nSPS) is 23.7. The molecule has 1 saturated heterocycles. The minimum Gasteiger partial charge on any atom is -0.390 e. The predicted molar refractivity (Wildman–Crippen MR) is 143 cm³/mol. The molecule has 0 bridgehead atoms. The van der Waals surface area contributed by atoms with E-state index < -0.39 is 64.3 Å². The molecule has 1 N–H and O–H groups in total. The molecule has 1 aliphatic heterocycles. The van der Waals surface area contributed by atoms with Gasteiger partial charge in [0.05, 0.1) is 28.5 Å². The van der Waals surface area contributed by atoms with Gasteiger partial charge in [-0.05, 0) is 92.5 Å². The molecule has 2 aromatic rings. The Morgan fingerprint density at radius 3 is 2.17 bits per heavy atom.